The minimum absolute atomic E-state index is 0.139. The molecule has 0 fully saturated rings. The molecule has 0 atom stereocenters. The first kappa shape index (κ1) is 31.6. The molecule has 55 heavy (non-hydrogen) atoms. The van der Waals surface area contributed by atoms with Crippen molar-refractivity contribution in [3.8, 4) is 33.4 Å². The fourth-order valence-corrected chi connectivity index (χ4v) is 9.14. The molecule has 0 bridgehead atoms. The lowest BCUT2D eigenvalue weighted by Crippen LogP contribution is -2.17. The van der Waals surface area contributed by atoms with Crippen molar-refractivity contribution in [3.05, 3.63) is 199 Å². The zero-order chi connectivity index (χ0) is 36.7. The highest BCUT2D eigenvalue weighted by molar-refractivity contribution is 6.18. The summed E-state index contributed by atoms with van der Waals surface area (Å²) in [7, 11) is 0. The van der Waals surface area contributed by atoms with Crippen molar-refractivity contribution in [2.45, 2.75) is 19.3 Å². The van der Waals surface area contributed by atoms with E-state index in [1.165, 1.54) is 54.9 Å². The van der Waals surface area contributed by atoms with E-state index < -0.39 is 0 Å². The number of hydrogen-bond acceptors (Lipinski definition) is 2. The molecule has 0 radical (unpaired) electrons. The molecule has 9 aromatic carbocycles. The monoisotopic (exact) mass is 703 g/mol. The van der Waals surface area contributed by atoms with Crippen LogP contribution in [0, 0.1) is 0 Å². The van der Waals surface area contributed by atoms with Gasteiger partial charge in [0.1, 0.15) is 11.2 Å². The second-order valence-corrected chi connectivity index (χ2v) is 15.3. The van der Waals surface area contributed by atoms with Gasteiger partial charge in [0.25, 0.3) is 0 Å². The lowest BCUT2D eigenvalue weighted by atomic mass is 9.82. The van der Waals surface area contributed by atoms with Crippen molar-refractivity contribution in [1.29, 1.82) is 0 Å². The molecule has 0 N–H and O–H groups in total. The third-order valence-electron chi connectivity index (χ3n) is 11.9. The van der Waals surface area contributed by atoms with Crippen LogP contribution in [0.5, 0.6) is 0 Å². The summed E-state index contributed by atoms with van der Waals surface area (Å²) in [5.74, 6) is 0. The van der Waals surface area contributed by atoms with Crippen LogP contribution in [0.2, 0.25) is 0 Å². The molecule has 0 saturated heterocycles. The quantitative estimate of drug-likeness (QED) is 0.166. The first-order chi connectivity index (χ1) is 27.0. The topological polar surface area (TPSA) is 16.4 Å². The Morgan fingerprint density at radius 1 is 0.418 bits per heavy atom. The molecule has 0 unspecified atom stereocenters. The van der Waals surface area contributed by atoms with Gasteiger partial charge in [-0.1, -0.05) is 153 Å². The van der Waals surface area contributed by atoms with Crippen LogP contribution in [0.25, 0.3) is 76.9 Å². The highest BCUT2D eigenvalue weighted by Crippen LogP contribution is 2.52. The molecule has 0 amide bonds. The van der Waals surface area contributed by atoms with Gasteiger partial charge in [-0.25, -0.2) is 0 Å². The Balaban J connectivity index is 1.19. The van der Waals surface area contributed by atoms with Crippen molar-refractivity contribution in [3.63, 3.8) is 0 Å². The summed E-state index contributed by atoms with van der Waals surface area (Å²) in [6, 6.07) is 68.5. The minimum Gasteiger partial charge on any atom is -0.456 e. The van der Waals surface area contributed by atoms with E-state index in [-0.39, 0.29) is 5.41 Å². The number of hydrogen-bond donors (Lipinski definition) is 0. The molecule has 0 saturated carbocycles. The molecule has 1 aliphatic carbocycles. The molecule has 260 valence electrons. The molecular formula is C53H37NO. The molecule has 11 rings (SSSR count). The largest absolute Gasteiger partial charge is 0.456 e. The summed E-state index contributed by atoms with van der Waals surface area (Å²) < 4.78 is 6.58. The SMILES string of the molecule is CC1(C)c2ccccc2-c2ccc(N(c3ccc(-c4ccccc4)cc3)c3ccc4oc5ccccc5c4c3-c3ccc4c(ccc5ccccc54)c3)cc21. The smallest absolute Gasteiger partial charge is 0.136 e. The molecule has 0 spiro atoms. The summed E-state index contributed by atoms with van der Waals surface area (Å²) in [6.45, 7) is 4.71. The van der Waals surface area contributed by atoms with Crippen molar-refractivity contribution in [2.24, 2.45) is 0 Å². The van der Waals surface area contributed by atoms with E-state index in [1.807, 2.05) is 0 Å². The Labute approximate surface area is 320 Å². The van der Waals surface area contributed by atoms with E-state index in [4.69, 9.17) is 4.42 Å². The number of fused-ring (bicyclic) bond motifs is 9. The van der Waals surface area contributed by atoms with Crippen LogP contribution in [0.4, 0.5) is 17.1 Å². The average Bonchev–Trinajstić information content (AvgIpc) is 3.73. The summed E-state index contributed by atoms with van der Waals surface area (Å²) in [5.41, 5.74) is 15.0. The molecule has 1 heterocycles. The van der Waals surface area contributed by atoms with E-state index >= 15 is 0 Å². The fourth-order valence-electron chi connectivity index (χ4n) is 9.14. The average molecular weight is 704 g/mol. The number of furan rings is 1. The van der Waals surface area contributed by atoms with Gasteiger partial charge < -0.3 is 9.32 Å². The normalized spacial score (nSPS) is 13.1. The Bertz CT molecular complexity index is 3110. The van der Waals surface area contributed by atoms with Crippen LogP contribution in [0.1, 0.15) is 25.0 Å². The van der Waals surface area contributed by atoms with Gasteiger partial charge in [0.15, 0.2) is 0 Å². The first-order valence-corrected chi connectivity index (χ1v) is 19.1. The van der Waals surface area contributed by atoms with E-state index in [0.29, 0.717) is 0 Å². The van der Waals surface area contributed by atoms with Gasteiger partial charge in [0.2, 0.25) is 0 Å². The summed E-state index contributed by atoms with van der Waals surface area (Å²) >= 11 is 0. The highest BCUT2D eigenvalue weighted by Gasteiger charge is 2.36. The first-order valence-electron chi connectivity index (χ1n) is 19.1. The molecule has 1 aromatic heterocycles. The van der Waals surface area contributed by atoms with E-state index in [2.05, 4.69) is 207 Å². The maximum atomic E-state index is 6.58. The molecule has 0 aliphatic heterocycles. The second kappa shape index (κ2) is 12.1. The van der Waals surface area contributed by atoms with Crippen LogP contribution in [0.15, 0.2) is 192 Å². The lowest BCUT2D eigenvalue weighted by molar-refractivity contribution is 0.660. The van der Waals surface area contributed by atoms with Gasteiger partial charge in [-0.3, -0.25) is 0 Å². The Morgan fingerprint density at radius 3 is 1.95 bits per heavy atom. The number of para-hydroxylation sites is 1. The van der Waals surface area contributed by atoms with E-state index in [9.17, 15) is 0 Å². The summed E-state index contributed by atoms with van der Waals surface area (Å²) in [4.78, 5) is 2.45. The van der Waals surface area contributed by atoms with Gasteiger partial charge in [0, 0.05) is 33.1 Å². The van der Waals surface area contributed by atoms with Crippen molar-refractivity contribution < 1.29 is 4.42 Å². The lowest BCUT2D eigenvalue weighted by Gasteiger charge is -2.30. The molecule has 2 heteroatoms. The van der Waals surface area contributed by atoms with E-state index in [1.54, 1.807) is 0 Å². The van der Waals surface area contributed by atoms with Gasteiger partial charge in [-0.05, 0) is 109 Å². The van der Waals surface area contributed by atoms with Crippen molar-refractivity contribution in [1.82, 2.24) is 0 Å². The standard InChI is InChI=1S/C53H37NO/c1-53(2)46-18-10-8-16-43(46)44-29-27-40(33-47(44)53)54(39-25-22-35(23-26-39)34-12-4-3-5-13-34)48-30-31-50-52(45-17-9-11-19-49(45)55-50)51(48)38-24-28-42-37(32-38)21-20-36-14-6-7-15-41(36)42/h3-33H,1-2H3. The predicted molar refractivity (Wildman–Crippen MR) is 232 cm³/mol. The number of nitrogens with zero attached hydrogens (tertiary/aromatic N) is 1. The Hall–Kier alpha value is -6.90. The minimum atomic E-state index is -0.139. The van der Waals surface area contributed by atoms with Crippen molar-refractivity contribution >= 4 is 60.5 Å². The van der Waals surface area contributed by atoms with Crippen LogP contribution in [-0.2, 0) is 5.41 Å². The number of benzene rings is 9. The maximum Gasteiger partial charge on any atom is 0.136 e. The summed E-state index contributed by atoms with van der Waals surface area (Å²) in [6.07, 6.45) is 0. The third-order valence-corrected chi connectivity index (χ3v) is 11.9. The van der Waals surface area contributed by atoms with Gasteiger partial charge >= 0.3 is 0 Å². The van der Waals surface area contributed by atoms with Crippen LogP contribution < -0.4 is 4.90 Å². The second-order valence-electron chi connectivity index (χ2n) is 15.3. The zero-order valence-electron chi connectivity index (χ0n) is 30.8. The van der Waals surface area contributed by atoms with Gasteiger partial charge in [0.05, 0.1) is 5.69 Å². The predicted octanol–water partition coefficient (Wildman–Crippen LogP) is 15.0. The summed E-state index contributed by atoms with van der Waals surface area (Å²) in [5, 5.41) is 7.20. The number of anilines is 3. The van der Waals surface area contributed by atoms with Gasteiger partial charge in [-0.2, -0.15) is 0 Å². The Kier molecular flexibility index (Phi) is 6.93. The Morgan fingerprint density at radius 2 is 1.07 bits per heavy atom. The van der Waals surface area contributed by atoms with Crippen LogP contribution in [-0.4, -0.2) is 0 Å². The van der Waals surface area contributed by atoms with Crippen LogP contribution in [0.3, 0.4) is 0 Å². The maximum absolute atomic E-state index is 6.58. The van der Waals surface area contributed by atoms with Crippen molar-refractivity contribution in [2.75, 3.05) is 4.90 Å². The van der Waals surface area contributed by atoms with Gasteiger partial charge in [-0.15, -0.1) is 0 Å². The molecular weight excluding hydrogens is 667 g/mol. The van der Waals surface area contributed by atoms with E-state index in [0.717, 1.165) is 50.1 Å². The zero-order valence-corrected chi connectivity index (χ0v) is 30.8. The molecule has 10 aromatic rings. The molecule has 2 nitrogen and oxygen atoms in total. The third kappa shape index (κ3) is 4.88. The fraction of sp³-hybridized carbons (Fsp3) is 0.0566. The number of rotatable bonds is 5. The highest BCUT2D eigenvalue weighted by atomic mass is 16.3. The van der Waals surface area contributed by atoms with Crippen LogP contribution >= 0.6 is 0 Å². The molecule has 1 aliphatic rings.